The van der Waals surface area contributed by atoms with E-state index in [1.807, 2.05) is 0 Å². The molecule has 208 valence electrons. The van der Waals surface area contributed by atoms with Crippen molar-refractivity contribution >= 4 is 5.97 Å². The van der Waals surface area contributed by atoms with Crippen molar-refractivity contribution in [2.75, 3.05) is 13.2 Å². The number of hydrogen-bond donors (Lipinski definition) is 4. The third-order valence-electron chi connectivity index (χ3n) is 12.0. The molecule has 2 heterocycles. The van der Waals surface area contributed by atoms with Crippen molar-refractivity contribution in [3.63, 3.8) is 0 Å². The van der Waals surface area contributed by atoms with Crippen LogP contribution < -0.4 is 0 Å². The van der Waals surface area contributed by atoms with Crippen LogP contribution in [-0.4, -0.2) is 75.9 Å². The normalized spacial score (nSPS) is 53.6. The van der Waals surface area contributed by atoms with Gasteiger partial charge in [-0.05, 0) is 92.4 Å². The third-order valence-corrected chi connectivity index (χ3v) is 12.0. The van der Waals surface area contributed by atoms with Gasteiger partial charge < -0.3 is 34.6 Å². The first-order chi connectivity index (χ1) is 17.6. The molecule has 0 bridgehead atoms. The molecule has 0 aromatic heterocycles. The van der Waals surface area contributed by atoms with Crippen LogP contribution in [0.2, 0.25) is 0 Å². The Labute approximate surface area is 219 Å². The molecule has 4 saturated carbocycles. The minimum absolute atomic E-state index is 0.0288. The second-order valence-corrected chi connectivity index (χ2v) is 13.4. The average molecular weight is 521 g/mol. The molecule has 4 N–H and O–H groups in total. The molecule has 0 unspecified atom stereocenters. The molecule has 0 amide bonds. The number of ether oxygens (including phenoxy) is 3. The van der Waals surface area contributed by atoms with E-state index in [9.17, 15) is 25.2 Å². The summed E-state index contributed by atoms with van der Waals surface area (Å²) in [7, 11) is 0. The first-order valence-electron chi connectivity index (χ1n) is 14.5. The van der Waals surface area contributed by atoms with Gasteiger partial charge in [-0.1, -0.05) is 13.8 Å². The van der Waals surface area contributed by atoms with Crippen LogP contribution in [0.5, 0.6) is 0 Å². The minimum atomic E-state index is -1.09. The van der Waals surface area contributed by atoms with E-state index in [1.54, 1.807) is 6.08 Å². The Bertz CT molecular complexity index is 937. The summed E-state index contributed by atoms with van der Waals surface area (Å²) in [6, 6.07) is 0. The molecule has 1 saturated heterocycles. The lowest BCUT2D eigenvalue weighted by Gasteiger charge is -2.64. The lowest BCUT2D eigenvalue weighted by Crippen LogP contribution is -2.62. The SMILES string of the molecule is C[C@]12CC[C@H](O[C@H]3C[C@H](O)[C@H](O)[C@H](CO)O3)C[C@@H]1CC[C@@H]1[C@@H]2CC[C@]2(C)[C@@H](C3=CC(=O)OC3)CC[C@@]12O. The summed E-state index contributed by atoms with van der Waals surface area (Å²) in [5, 5.41) is 42.1. The maximum atomic E-state index is 12.4. The van der Waals surface area contributed by atoms with Crippen molar-refractivity contribution in [1.29, 1.82) is 0 Å². The second-order valence-electron chi connectivity index (χ2n) is 13.4. The highest BCUT2D eigenvalue weighted by atomic mass is 16.7. The van der Waals surface area contributed by atoms with Crippen LogP contribution in [0.1, 0.15) is 78.1 Å². The Hall–Kier alpha value is -1.03. The molecule has 4 aliphatic carbocycles. The maximum absolute atomic E-state index is 12.4. The lowest BCUT2D eigenvalue weighted by molar-refractivity contribution is -0.278. The zero-order valence-electron chi connectivity index (χ0n) is 22.2. The number of aliphatic hydroxyl groups excluding tert-OH is 3. The lowest BCUT2D eigenvalue weighted by atomic mass is 9.43. The Morgan fingerprint density at radius 3 is 2.57 bits per heavy atom. The topological polar surface area (TPSA) is 126 Å². The molecule has 8 nitrogen and oxygen atoms in total. The first kappa shape index (κ1) is 26.2. The number of aliphatic hydroxyl groups is 4. The summed E-state index contributed by atoms with van der Waals surface area (Å²) in [5.41, 5.74) is 0.302. The van der Waals surface area contributed by atoms with Crippen LogP contribution in [0.15, 0.2) is 11.6 Å². The Kier molecular flexibility index (Phi) is 6.57. The molecule has 5 fully saturated rings. The highest BCUT2D eigenvalue weighted by Crippen LogP contribution is 2.70. The summed E-state index contributed by atoms with van der Waals surface area (Å²) in [6.45, 7) is 4.73. The number of hydrogen-bond acceptors (Lipinski definition) is 8. The molecule has 12 atom stereocenters. The number of cyclic esters (lactones) is 1. The number of carbonyl (C=O) groups excluding carboxylic acids is 1. The monoisotopic (exact) mass is 520 g/mol. The maximum Gasteiger partial charge on any atom is 0.331 e. The van der Waals surface area contributed by atoms with Gasteiger partial charge in [-0.3, -0.25) is 0 Å². The van der Waals surface area contributed by atoms with E-state index in [-0.39, 0.29) is 47.8 Å². The zero-order chi connectivity index (χ0) is 26.2. The van der Waals surface area contributed by atoms with Gasteiger partial charge in [0.05, 0.1) is 24.4 Å². The molecule has 0 spiro atoms. The summed E-state index contributed by atoms with van der Waals surface area (Å²) in [6.07, 6.45) is 7.18. The van der Waals surface area contributed by atoms with Gasteiger partial charge in [0.15, 0.2) is 6.29 Å². The summed E-state index contributed by atoms with van der Waals surface area (Å²) in [5.74, 6) is 1.23. The summed E-state index contributed by atoms with van der Waals surface area (Å²) < 4.78 is 17.3. The van der Waals surface area contributed by atoms with E-state index in [0.29, 0.717) is 18.4 Å². The van der Waals surface area contributed by atoms with Gasteiger partial charge in [-0.15, -0.1) is 0 Å². The number of esters is 1. The van der Waals surface area contributed by atoms with Crippen molar-refractivity contribution in [1.82, 2.24) is 0 Å². The number of fused-ring (bicyclic) bond motifs is 5. The van der Waals surface area contributed by atoms with Crippen molar-refractivity contribution < 1.29 is 39.4 Å². The van der Waals surface area contributed by atoms with Crippen molar-refractivity contribution in [3.8, 4) is 0 Å². The third kappa shape index (κ3) is 3.96. The molecule has 6 aliphatic rings. The predicted octanol–water partition coefficient (Wildman–Crippen LogP) is 2.46. The molecular formula is C29H44O8. The average Bonchev–Trinajstić information content (AvgIpc) is 3.41. The van der Waals surface area contributed by atoms with Crippen LogP contribution in [0.3, 0.4) is 0 Å². The van der Waals surface area contributed by atoms with Crippen molar-refractivity contribution in [3.05, 3.63) is 11.6 Å². The molecular weight excluding hydrogens is 476 g/mol. The van der Waals surface area contributed by atoms with Crippen molar-refractivity contribution in [2.24, 2.45) is 34.5 Å². The molecule has 0 aromatic carbocycles. The fraction of sp³-hybridized carbons (Fsp3) is 0.897. The van der Waals surface area contributed by atoms with Crippen LogP contribution in [0, 0.1) is 34.5 Å². The number of rotatable bonds is 4. The van der Waals surface area contributed by atoms with Gasteiger partial charge in [0.1, 0.15) is 18.8 Å². The standard InChI is InChI=1S/C29H44O8/c1-27-8-5-18(36-25-13-22(31)26(33)23(14-30)37-25)12-17(27)3-4-21-20(27)6-9-28(2)19(7-10-29(21,28)34)16-11-24(32)35-15-16/h11,17-23,25-26,30-31,33-34H,3-10,12-15H2,1-2H3/t17-,18-,19+,20-,21+,22-,23-,25+,26-,27-,28+,29+/m0/s1. The van der Waals surface area contributed by atoms with Crippen LogP contribution in [0.4, 0.5) is 0 Å². The molecule has 0 aromatic rings. The fourth-order valence-electron chi connectivity index (χ4n) is 9.86. The van der Waals surface area contributed by atoms with Gasteiger partial charge in [0, 0.05) is 17.9 Å². The largest absolute Gasteiger partial charge is 0.458 e. The highest BCUT2D eigenvalue weighted by Gasteiger charge is 2.67. The van der Waals surface area contributed by atoms with E-state index >= 15 is 0 Å². The Balaban J connectivity index is 1.15. The van der Waals surface area contributed by atoms with E-state index < -0.39 is 30.2 Å². The van der Waals surface area contributed by atoms with Gasteiger partial charge in [-0.25, -0.2) is 4.79 Å². The zero-order valence-corrected chi connectivity index (χ0v) is 22.2. The van der Waals surface area contributed by atoms with E-state index in [2.05, 4.69) is 13.8 Å². The molecule has 37 heavy (non-hydrogen) atoms. The van der Waals surface area contributed by atoms with E-state index in [4.69, 9.17) is 14.2 Å². The van der Waals surface area contributed by atoms with Gasteiger partial charge in [0.2, 0.25) is 0 Å². The predicted molar refractivity (Wildman–Crippen MR) is 133 cm³/mol. The van der Waals surface area contributed by atoms with Gasteiger partial charge in [-0.2, -0.15) is 0 Å². The molecule has 2 aliphatic heterocycles. The van der Waals surface area contributed by atoms with Crippen LogP contribution in [0.25, 0.3) is 0 Å². The Morgan fingerprint density at radius 2 is 1.84 bits per heavy atom. The molecule has 8 heteroatoms. The highest BCUT2D eigenvalue weighted by molar-refractivity contribution is 5.85. The van der Waals surface area contributed by atoms with Crippen LogP contribution in [-0.2, 0) is 19.0 Å². The smallest absolute Gasteiger partial charge is 0.331 e. The fourth-order valence-corrected chi connectivity index (χ4v) is 9.86. The van der Waals surface area contributed by atoms with E-state index in [0.717, 1.165) is 63.4 Å². The summed E-state index contributed by atoms with van der Waals surface area (Å²) in [4.78, 5) is 11.8. The number of carbonyl (C=O) groups is 1. The summed E-state index contributed by atoms with van der Waals surface area (Å²) >= 11 is 0. The van der Waals surface area contributed by atoms with E-state index in [1.165, 1.54) is 0 Å². The first-order valence-corrected chi connectivity index (χ1v) is 14.5. The minimum Gasteiger partial charge on any atom is -0.458 e. The quantitative estimate of drug-likeness (QED) is 0.329. The Morgan fingerprint density at radius 1 is 1.03 bits per heavy atom. The second kappa shape index (κ2) is 9.27. The molecule has 0 radical (unpaired) electrons. The van der Waals surface area contributed by atoms with Crippen LogP contribution >= 0.6 is 0 Å². The van der Waals surface area contributed by atoms with Gasteiger partial charge in [0.25, 0.3) is 0 Å². The molecule has 6 rings (SSSR count). The van der Waals surface area contributed by atoms with Gasteiger partial charge >= 0.3 is 5.97 Å². The van der Waals surface area contributed by atoms with Crippen molar-refractivity contribution in [2.45, 2.75) is 114 Å².